The second-order valence-corrected chi connectivity index (χ2v) is 6.80. The number of rotatable bonds is 4. The molecule has 1 saturated carbocycles. The van der Waals surface area contributed by atoms with E-state index in [4.69, 9.17) is 0 Å². The molecule has 16 heavy (non-hydrogen) atoms. The molecule has 0 radical (unpaired) electrons. The van der Waals surface area contributed by atoms with Gasteiger partial charge in [-0.2, -0.15) is 11.8 Å². The van der Waals surface area contributed by atoms with Crippen LogP contribution in [0.5, 0.6) is 0 Å². The Kier molecular flexibility index (Phi) is 4.27. The maximum Gasteiger partial charge on any atom is 0.0897 e. The summed E-state index contributed by atoms with van der Waals surface area (Å²) in [5.74, 6) is 0. The number of thioether (sulfide) groups is 1. The lowest BCUT2D eigenvalue weighted by Gasteiger charge is -2.23. The van der Waals surface area contributed by atoms with Gasteiger partial charge in [0.1, 0.15) is 0 Å². The van der Waals surface area contributed by atoms with Crippen molar-refractivity contribution >= 4 is 23.1 Å². The van der Waals surface area contributed by atoms with Crippen LogP contribution >= 0.6 is 23.1 Å². The Labute approximate surface area is 106 Å². The van der Waals surface area contributed by atoms with E-state index in [0.29, 0.717) is 0 Å². The highest BCUT2D eigenvalue weighted by Gasteiger charge is 2.26. The molecule has 1 fully saturated rings. The van der Waals surface area contributed by atoms with Gasteiger partial charge in [-0.15, -0.1) is 11.3 Å². The van der Waals surface area contributed by atoms with Crippen LogP contribution < -0.4 is 0 Å². The Morgan fingerprint density at radius 1 is 1.56 bits per heavy atom. The van der Waals surface area contributed by atoms with Crippen molar-refractivity contribution in [3.63, 3.8) is 0 Å². The van der Waals surface area contributed by atoms with E-state index in [2.05, 4.69) is 35.5 Å². The van der Waals surface area contributed by atoms with Crippen molar-refractivity contribution in [1.82, 2.24) is 9.88 Å². The maximum absolute atomic E-state index is 4.53. The van der Waals surface area contributed by atoms with Gasteiger partial charge in [-0.05, 0) is 39.5 Å². The zero-order valence-corrected chi connectivity index (χ0v) is 11.9. The molecule has 0 spiro atoms. The maximum atomic E-state index is 4.53. The molecule has 0 saturated heterocycles. The minimum Gasteiger partial charge on any atom is -0.298 e. The molecule has 1 aromatic rings. The molecule has 2 atom stereocenters. The summed E-state index contributed by atoms with van der Waals surface area (Å²) in [5, 5.41) is 4.24. The molecule has 2 rings (SSSR count). The largest absolute Gasteiger partial charge is 0.298 e. The van der Waals surface area contributed by atoms with Crippen molar-refractivity contribution in [3.8, 4) is 0 Å². The van der Waals surface area contributed by atoms with E-state index in [-0.39, 0.29) is 0 Å². The number of hydrogen-bond acceptors (Lipinski definition) is 4. The van der Waals surface area contributed by atoms with Crippen molar-refractivity contribution in [1.29, 1.82) is 0 Å². The zero-order chi connectivity index (χ0) is 11.5. The van der Waals surface area contributed by atoms with Gasteiger partial charge in [0.15, 0.2) is 0 Å². The van der Waals surface area contributed by atoms with Crippen LogP contribution in [0, 0.1) is 6.92 Å². The van der Waals surface area contributed by atoms with Crippen LogP contribution in [0.1, 0.15) is 30.0 Å². The molecule has 0 N–H and O–H groups in total. The summed E-state index contributed by atoms with van der Waals surface area (Å²) in [4.78, 5) is 7.01. The summed E-state index contributed by atoms with van der Waals surface area (Å²) in [7, 11) is 2.24. The van der Waals surface area contributed by atoms with Gasteiger partial charge in [0, 0.05) is 23.2 Å². The molecular weight excluding hydrogens is 236 g/mol. The van der Waals surface area contributed by atoms with E-state index in [0.717, 1.165) is 17.8 Å². The fraction of sp³-hybridized carbons (Fsp3) is 0.750. The van der Waals surface area contributed by atoms with Gasteiger partial charge >= 0.3 is 0 Å². The van der Waals surface area contributed by atoms with Gasteiger partial charge in [-0.1, -0.05) is 0 Å². The van der Waals surface area contributed by atoms with Crippen LogP contribution in [0.4, 0.5) is 0 Å². The van der Waals surface area contributed by atoms with Crippen LogP contribution in [0.3, 0.4) is 0 Å². The second-order valence-electron chi connectivity index (χ2n) is 4.60. The molecule has 0 aliphatic heterocycles. The quantitative estimate of drug-likeness (QED) is 0.823. The molecule has 0 amide bonds. The molecule has 0 unspecified atom stereocenters. The summed E-state index contributed by atoms with van der Waals surface area (Å²) >= 11 is 3.78. The lowest BCUT2D eigenvalue weighted by molar-refractivity contribution is 0.235. The van der Waals surface area contributed by atoms with Crippen LogP contribution in [-0.2, 0) is 6.54 Å². The topological polar surface area (TPSA) is 16.1 Å². The molecule has 90 valence electrons. The van der Waals surface area contributed by atoms with Crippen LogP contribution in [0.15, 0.2) is 5.38 Å². The van der Waals surface area contributed by atoms with E-state index >= 15 is 0 Å². The summed E-state index contributed by atoms with van der Waals surface area (Å²) in [6.07, 6.45) is 6.31. The zero-order valence-electron chi connectivity index (χ0n) is 10.3. The van der Waals surface area contributed by atoms with E-state index < -0.39 is 0 Å². The fourth-order valence-electron chi connectivity index (χ4n) is 2.40. The first-order chi connectivity index (χ1) is 7.69. The highest BCUT2D eigenvalue weighted by molar-refractivity contribution is 7.99. The molecule has 4 heteroatoms. The third-order valence-corrected chi connectivity index (χ3v) is 5.31. The predicted molar refractivity (Wildman–Crippen MR) is 73.3 cm³/mol. The molecule has 1 aliphatic rings. The first-order valence-corrected chi connectivity index (χ1v) is 8.00. The third-order valence-electron chi connectivity index (χ3n) is 3.39. The Balaban J connectivity index is 1.86. The van der Waals surface area contributed by atoms with E-state index in [1.165, 1.54) is 30.0 Å². The normalized spacial score (nSPS) is 25.5. The Hall–Kier alpha value is -0.0600. The van der Waals surface area contributed by atoms with Crippen LogP contribution in [-0.4, -0.2) is 34.5 Å². The van der Waals surface area contributed by atoms with Crippen molar-refractivity contribution < 1.29 is 0 Å². The average molecular weight is 256 g/mol. The first kappa shape index (κ1) is 12.4. The lowest BCUT2D eigenvalue weighted by Crippen LogP contribution is -2.29. The number of aryl methyl sites for hydroxylation is 1. The molecular formula is C12H20N2S2. The molecule has 0 bridgehead atoms. The summed E-state index contributed by atoms with van der Waals surface area (Å²) in [6.45, 7) is 3.09. The average Bonchev–Trinajstić information content (AvgIpc) is 2.87. The van der Waals surface area contributed by atoms with Gasteiger partial charge in [-0.3, -0.25) is 4.90 Å². The van der Waals surface area contributed by atoms with E-state index in [9.17, 15) is 0 Å². The summed E-state index contributed by atoms with van der Waals surface area (Å²) < 4.78 is 0. The second kappa shape index (κ2) is 5.52. The smallest absolute Gasteiger partial charge is 0.0897 e. The van der Waals surface area contributed by atoms with E-state index in [1.807, 2.05) is 11.8 Å². The summed E-state index contributed by atoms with van der Waals surface area (Å²) in [6, 6.07) is 0.763. The van der Waals surface area contributed by atoms with Gasteiger partial charge < -0.3 is 0 Å². The first-order valence-electron chi connectivity index (χ1n) is 5.83. The summed E-state index contributed by atoms with van der Waals surface area (Å²) in [5.41, 5.74) is 1.23. The van der Waals surface area contributed by atoms with Crippen molar-refractivity contribution in [3.05, 3.63) is 16.1 Å². The van der Waals surface area contributed by atoms with E-state index in [1.54, 1.807) is 11.3 Å². The minimum atomic E-state index is 0.763. The highest BCUT2D eigenvalue weighted by atomic mass is 32.2. The Bertz CT molecular complexity index is 338. The number of thiazole rings is 1. The van der Waals surface area contributed by atoms with Gasteiger partial charge in [0.25, 0.3) is 0 Å². The Morgan fingerprint density at radius 2 is 2.38 bits per heavy atom. The van der Waals surface area contributed by atoms with Crippen molar-refractivity contribution in [2.24, 2.45) is 0 Å². The van der Waals surface area contributed by atoms with Gasteiger partial charge in [0.05, 0.1) is 10.7 Å². The Morgan fingerprint density at radius 3 is 2.94 bits per heavy atom. The molecule has 2 nitrogen and oxygen atoms in total. The van der Waals surface area contributed by atoms with Crippen LogP contribution in [0.25, 0.3) is 0 Å². The molecule has 0 aromatic carbocycles. The fourth-order valence-corrected chi connectivity index (χ4v) is 3.79. The van der Waals surface area contributed by atoms with Crippen molar-refractivity contribution in [2.45, 2.75) is 44.0 Å². The lowest BCUT2D eigenvalue weighted by atomic mass is 10.2. The number of nitrogens with zero attached hydrogens (tertiary/aromatic N) is 2. The SMILES string of the molecule is CS[C@@H]1CC[C@H](N(C)Cc2csc(C)n2)C1. The minimum absolute atomic E-state index is 0.763. The third kappa shape index (κ3) is 2.99. The molecule has 1 aliphatic carbocycles. The van der Waals surface area contributed by atoms with Gasteiger partial charge in [0.2, 0.25) is 0 Å². The monoisotopic (exact) mass is 256 g/mol. The van der Waals surface area contributed by atoms with Crippen molar-refractivity contribution in [2.75, 3.05) is 13.3 Å². The van der Waals surface area contributed by atoms with Gasteiger partial charge in [-0.25, -0.2) is 4.98 Å². The standard InChI is InChI=1S/C12H20N2S2/c1-9-13-10(8-16-9)7-14(2)11-4-5-12(6-11)15-3/h8,11-12H,4-7H2,1-3H3/t11-,12+/m0/s1. The predicted octanol–water partition coefficient (Wildman–Crippen LogP) is 3.17. The van der Waals surface area contributed by atoms with Crippen LogP contribution in [0.2, 0.25) is 0 Å². The number of hydrogen-bond donors (Lipinski definition) is 0. The molecule has 1 aromatic heterocycles. The number of aromatic nitrogens is 1. The highest BCUT2D eigenvalue weighted by Crippen LogP contribution is 2.31. The molecule has 1 heterocycles.